The van der Waals surface area contributed by atoms with Crippen molar-refractivity contribution in [2.75, 3.05) is 6.61 Å². The van der Waals surface area contributed by atoms with Gasteiger partial charge in [-0.1, -0.05) is 251 Å². The third kappa shape index (κ3) is 46.5. The Balaban J connectivity index is 4.85. The van der Waals surface area contributed by atoms with Crippen molar-refractivity contribution in [2.45, 2.75) is 225 Å². The summed E-state index contributed by atoms with van der Waals surface area (Å²) in [7, 11) is 0. The molecule has 0 fully saturated rings. The van der Waals surface area contributed by atoms with Gasteiger partial charge in [0.25, 0.3) is 0 Å². The molecule has 0 bridgehead atoms. The van der Waals surface area contributed by atoms with Crippen LogP contribution in [-0.2, 0) is 14.3 Å². The minimum atomic E-state index is -0.837. The molecule has 3 N–H and O–H groups in total. The van der Waals surface area contributed by atoms with Gasteiger partial charge in [-0.05, 0) is 76.7 Å². The standard InChI is InChI=1S/C60H97NO5/c1-4-7-10-13-16-19-22-25-28-29-32-33-36-39-42-45-48-51-56(66-60(65)53-50-47-44-41-38-35-31-27-24-21-18-15-12-9-6-3)54-59(64)61-57(55-62)58(63)52-49-46-43-40-37-34-30-26-23-20-17-14-11-8-5-2/h7,9-10,12,15-16,18-19,21,24-25,27-28,31-33,35,38-39,42,48,51,56-58,62-63H,4-6,8,11,13-14,17,20,22-23,26,29-30,34,36-37,40-41,43-47,49-50,52-55H2,1-3H3,(H,61,64)/b10-7-,12-9+,18-15+,19-16-,24-21-,28-25-,31-27-,33-32-,38-35+,42-39-,51-48-. The van der Waals surface area contributed by atoms with Gasteiger partial charge in [0.15, 0.2) is 0 Å². The van der Waals surface area contributed by atoms with Crippen molar-refractivity contribution in [3.63, 3.8) is 0 Å². The summed E-state index contributed by atoms with van der Waals surface area (Å²) in [5.41, 5.74) is 0. The molecular formula is C60H97NO5. The summed E-state index contributed by atoms with van der Waals surface area (Å²) in [6.07, 6.45) is 73.9. The van der Waals surface area contributed by atoms with Crippen LogP contribution in [0.2, 0.25) is 0 Å². The summed E-state index contributed by atoms with van der Waals surface area (Å²) >= 11 is 0. The average Bonchev–Trinajstić information content (AvgIpc) is 3.31. The minimum Gasteiger partial charge on any atom is -0.458 e. The van der Waals surface area contributed by atoms with Crippen LogP contribution >= 0.6 is 0 Å². The number of unbranched alkanes of at least 4 members (excludes halogenated alkanes) is 17. The first kappa shape index (κ1) is 62.0. The highest BCUT2D eigenvalue weighted by molar-refractivity contribution is 5.78. The third-order valence-corrected chi connectivity index (χ3v) is 11.1. The number of carbonyl (C=O) groups excluding carboxylic acids is 2. The maximum Gasteiger partial charge on any atom is 0.306 e. The topological polar surface area (TPSA) is 95.9 Å². The molecule has 0 aliphatic carbocycles. The minimum absolute atomic E-state index is 0.0736. The van der Waals surface area contributed by atoms with Crippen molar-refractivity contribution < 1.29 is 24.5 Å². The van der Waals surface area contributed by atoms with E-state index in [1.807, 2.05) is 54.7 Å². The van der Waals surface area contributed by atoms with Gasteiger partial charge in [0.1, 0.15) is 6.10 Å². The number of ether oxygens (including phenoxy) is 1. The molecule has 0 heterocycles. The number of nitrogens with one attached hydrogen (secondary N) is 1. The van der Waals surface area contributed by atoms with Gasteiger partial charge in [-0.15, -0.1) is 0 Å². The highest BCUT2D eigenvalue weighted by Gasteiger charge is 2.23. The summed E-state index contributed by atoms with van der Waals surface area (Å²) in [6, 6.07) is -0.762. The van der Waals surface area contributed by atoms with Gasteiger partial charge in [0.05, 0.1) is 25.2 Å². The average molecular weight is 912 g/mol. The summed E-state index contributed by atoms with van der Waals surface area (Å²) in [5.74, 6) is -0.692. The Morgan fingerprint density at radius 3 is 1.39 bits per heavy atom. The second-order valence-electron chi connectivity index (χ2n) is 17.3. The summed E-state index contributed by atoms with van der Waals surface area (Å²) in [6.45, 7) is 6.17. The lowest BCUT2D eigenvalue weighted by atomic mass is 10.0. The molecule has 0 rings (SSSR count). The summed E-state index contributed by atoms with van der Waals surface area (Å²) < 4.78 is 5.81. The number of allylic oxidation sites excluding steroid dienone is 21. The Hall–Kier alpha value is -4.00. The number of aliphatic hydroxyl groups excluding tert-OH is 2. The van der Waals surface area contributed by atoms with Crippen LogP contribution in [0.1, 0.15) is 207 Å². The number of amides is 1. The SMILES string of the molecule is CC/C=C\C/C=C\C/C=C\C/C=C\C/C=C\C/C=C\C(CC(=O)NC(CO)C(O)CCCCCCCCCCCCCCCCC)OC(=O)CCCCC/C=C/C=C\C=C/C=C/C=C/CC. The number of hydrogen-bond donors (Lipinski definition) is 3. The third-order valence-electron chi connectivity index (χ3n) is 11.1. The molecule has 6 nitrogen and oxygen atoms in total. The molecule has 6 heteroatoms. The van der Waals surface area contributed by atoms with Crippen molar-refractivity contribution in [1.29, 1.82) is 0 Å². The molecule has 0 saturated heterocycles. The predicted octanol–water partition coefficient (Wildman–Crippen LogP) is 16.2. The van der Waals surface area contributed by atoms with Crippen LogP contribution in [0.4, 0.5) is 0 Å². The first-order valence-corrected chi connectivity index (χ1v) is 26.5. The van der Waals surface area contributed by atoms with Gasteiger partial charge in [-0.25, -0.2) is 0 Å². The van der Waals surface area contributed by atoms with Crippen LogP contribution in [-0.4, -0.2) is 46.9 Å². The molecule has 0 aromatic carbocycles. The van der Waals surface area contributed by atoms with Gasteiger partial charge in [0.2, 0.25) is 5.91 Å². The highest BCUT2D eigenvalue weighted by atomic mass is 16.5. The van der Waals surface area contributed by atoms with E-state index in [-0.39, 0.29) is 31.3 Å². The van der Waals surface area contributed by atoms with Crippen LogP contribution in [0.15, 0.2) is 134 Å². The van der Waals surface area contributed by atoms with Gasteiger partial charge in [0, 0.05) is 6.42 Å². The molecule has 372 valence electrons. The van der Waals surface area contributed by atoms with Gasteiger partial charge < -0.3 is 20.3 Å². The van der Waals surface area contributed by atoms with Crippen molar-refractivity contribution in [3.05, 3.63) is 134 Å². The van der Waals surface area contributed by atoms with E-state index in [9.17, 15) is 19.8 Å². The molecule has 3 atom stereocenters. The van der Waals surface area contributed by atoms with Crippen molar-refractivity contribution >= 4 is 11.9 Å². The molecule has 66 heavy (non-hydrogen) atoms. The van der Waals surface area contributed by atoms with Crippen molar-refractivity contribution in [3.8, 4) is 0 Å². The van der Waals surface area contributed by atoms with Gasteiger partial charge >= 0.3 is 5.97 Å². The van der Waals surface area contributed by atoms with Crippen molar-refractivity contribution in [1.82, 2.24) is 5.32 Å². The predicted molar refractivity (Wildman–Crippen MR) is 286 cm³/mol. The number of aliphatic hydroxyl groups is 2. The van der Waals surface area contributed by atoms with Crippen LogP contribution in [0, 0.1) is 0 Å². The Kier molecular flexibility index (Phi) is 48.8. The summed E-state index contributed by atoms with van der Waals surface area (Å²) in [4.78, 5) is 26.1. The van der Waals surface area contributed by atoms with Gasteiger partial charge in [-0.2, -0.15) is 0 Å². The number of hydrogen-bond acceptors (Lipinski definition) is 5. The first-order chi connectivity index (χ1) is 32.5. The zero-order chi connectivity index (χ0) is 48.1. The fraction of sp³-hybridized carbons (Fsp3) is 0.600. The quantitative estimate of drug-likeness (QED) is 0.0245. The lowest BCUT2D eigenvalue weighted by Crippen LogP contribution is -2.46. The van der Waals surface area contributed by atoms with E-state index in [2.05, 4.69) is 99.0 Å². The Morgan fingerprint density at radius 1 is 0.485 bits per heavy atom. The molecule has 3 unspecified atom stereocenters. The molecule has 0 aromatic rings. The fourth-order valence-corrected chi connectivity index (χ4v) is 7.15. The lowest BCUT2D eigenvalue weighted by Gasteiger charge is -2.23. The van der Waals surface area contributed by atoms with E-state index in [4.69, 9.17) is 4.74 Å². The van der Waals surface area contributed by atoms with E-state index < -0.39 is 18.2 Å². The molecule has 0 saturated carbocycles. The highest BCUT2D eigenvalue weighted by Crippen LogP contribution is 2.16. The molecule has 0 spiro atoms. The smallest absolute Gasteiger partial charge is 0.306 e. The molecule has 0 aliphatic heterocycles. The first-order valence-electron chi connectivity index (χ1n) is 26.5. The molecule has 1 amide bonds. The second-order valence-corrected chi connectivity index (χ2v) is 17.3. The van der Waals surface area contributed by atoms with Gasteiger partial charge in [-0.3, -0.25) is 9.59 Å². The van der Waals surface area contributed by atoms with E-state index in [1.165, 1.54) is 77.0 Å². The molecule has 0 aliphatic rings. The maximum absolute atomic E-state index is 13.2. The fourth-order valence-electron chi connectivity index (χ4n) is 7.15. The second kappa shape index (κ2) is 52.0. The number of rotatable bonds is 45. The van der Waals surface area contributed by atoms with E-state index >= 15 is 0 Å². The van der Waals surface area contributed by atoms with Crippen LogP contribution < -0.4 is 5.32 Å². The van der Waals surface area contributed by atoms with Crippen LogP contribution in [0.25, 0.3) is 0 Å². The summed E-state index contributed by atoms with van der Waals surface area (Å²) in [5, 5.41) is 23.7. The van der Waals surface area contributed by atoms with E-state index in [0.29, 0.717) is 19.3 Å². The Labute approximate surface area is 405 Å². The zero-order valence-corrected chi connectivity index (χ0v) is 42.3. The number of carbonyl (C=O) groups is 2. The molecule has 0 radical (unpaired) electrons. The normalized spacial score (nSPS) is 14.3. The van der Waals surface area contributed by atoms with E-state index in [0.717, 1.165) is 77.0 Å². The largest absolute Gasteiger partial charge is 0.458 e. The monoisotopic (exact) mass is 912 g/mol. The van der Waals surface area contributed by atoms with Crippen LogP contribution in [0.3, 0.4) is 0 Å². The van der Waals surface area contributed by atoms with Crippen LogP contribution in [0.5, 0.6) is 0 Å². The lowest BCUT2D eigenvalue weighted by molar-refractivity contribution is -0.148. The molecular weight excluding hydrogens is 815 g/mol. The molecule has 0 aromatic heterocycles. The number of esters is 1. The van der Waals surface area contributed by atoms with Crippen molar-refractivity contribution in [2.24, 2.45) is 0 Å². The zero-order valence-electron chi connectivity index (χ0n) is 42.3. The Morgan fingerprint density at radius 2 is 0.909 bits per heavy atom. The van der Waals surface area contributed by atoms with E-state index in [1.54, 1.807) is 6.08 Å². The Bertz CT molecular complexity index is 1440. The maximum atomic E-state index is 13.2.